The van der Waals surface area contributed by atoms with Crippen molar-refractivity contribution in [3.63, 3.8) is 0 Å². The van der Waals surface area contributed by atoms with Crippen LogP contribution in [-0.4, -0.2) is 18.0 Å². The predicted molar refractivity (Wildman–Crippen MR) is 197 cm³/mol. The van der Waals surface area contributed by atoms with Gasteiger partial charge in [0, 0.05) is 38.6 Å². The van der Waals surface area contributed by atoms with Crippen molar-refractivity contribution in [3.05, 3.63) is 139 Å². The molecule has 0 aliphatic heterocycles. The van der Waals surface area contributed by atoms with Crippen LogP contribution < -0.4 is 5.19 Å². The zero-order valence-corrected chi connectivity index (χ0v) is 31.3. The Morgan fingerprint density at radius 3 is 2.20 bits per heavy atom. The standard InChI is InChI=1S/C27H22NS.C14H16NSi.Ir/c1-17(2)20-12-13-28-25(16-20)23-11-7-10-22-24-15-21(19-8-5-4-6-9-19)14-18(3)26(24)29-27(22)23;1-16(2,3)13-9-10-14(15-11-13)12-7-5-4-6-8-12;/h4-10,12-17H,1-3H3;4-7,9-11H,1-3H3;/q2*-1;/i17D;;. The molecule has 2 nitrogen and oxygen atoms in total. The van der Waals surface area contributed by atoms with E-state index >= 15 is 0 Å². The summed E-state index contributed by atoms with van der Waals surface area (Å²) in [5, 5.41) is 3.91. The maximum absolute atomic E-state index is 8.38. The summed E-state index contributed by atoms with van der Waals surface area (Å²) >= 11 is 1.81. The SMILES string of the molecule is C[Si](C)(C)c1ccc(-c2[c-]cccc2)nc1.[2H]C(C)(C)c1ccnc(-c2[c-]ccc3c2sc2c(C)cc(-c4ccccc4)cc23)c1.[Ir]. The molecule has 3 aromatic heterocycles. The van der Waals surface area contributed by atoms with Crippen LogP contribution in [-0.2, 0) is 20.1 Å². The van der Waals surface area contributed by atoms with Crippen LogP contribution in [0.3, 0.4) is 0 Å². The largest absolute Gasteiger partial charge is 0.305 e. The second-order valence-electron chi connectivity index (χ2n) is 12.6. The van der Waals surface area contributed by atoms with E-state index in [-0.39, 0.29) is 20.1 Å². The minimum Gasteiger partial charge on any atom is -0.305 e. The fraction of sp³-hybridized carbons (Fsp3) is 0.171. The summed E-state index contributed by atoms with van der Waals surface area (Å²) in [7, 11) is -1.23. The zero-order chi connectivity index (χ0) is 32.5. The summed E-state index contributed by atoms with van der Waals surface area (Å²) in [6, 6.07) is 42.1. The minimum atomic E-state index is -1.23. The number of aryl methyl sites for hydroxylation is 1. The molecule has 0 bridgehead atoms. The van der Waals surface area contributed by atoms with Crippen molar-refractivity contribution in [3.8, 4) is 33.6 Å². The first kappa shape index (κ1) is 32.2. The van der Waals surface area contributed by atoms with Gasteiger partial charge in [-0.15, -0.1) is 59.7 Å². The van der Waals surface area contributed by atoms with Crippen molar-refractivity contribution in [2.75, 3.05) is 0 Å². The number of benzene rings is 4. The maximum Gasteiger partial charge on any atom is 0.0795 e. The molecule has 0 aliphatic carbocycles. The average molecular weight is 812 g/mol. The molecule has 4 aromatic carbocycles. The van der Waals surface area contributed by atoms with E-state index in [0.29, 0.717) is 0 Å². The Morgan fingerprint density at radius 2 is 1.52 bits per heavy atom. The van der Waals surface area contributed by atoms with Crippen molar-refractivity contribution in [1.29, 1.82) is 0 Å². The van der Waals surface area contributed by atoms with Crippen LogP contribution in [0.15, 0.2) is 116 Å². The van der Waals surface area contributed by atoms with Gasteiger partial charge in [0.15, 0.2) is 0 Å². The third-order valence-corrected chi connectivity index (χ3v) is 11.4. The Labute approximate surface area is 293 Å². The summed E-state index contributed by atoms with van der Waals surface area (Å²) in [6.45, 7) is 13.0. The number of thiophene rings is 1. The molecule has 7 aromatic rings. The number of nitrogens with zero attached hydrogens (tertiary/aromatic N) is 2. The first-order valence-corrected chi connectivity index (χ1v) is 19.6. The molecule has 5 heteroatoms. The molecule has 1 radical (unpaired) electrons. The van der Waals surface area contributed by atoms with Crippen molar-refractivity contribution in [2.45, 2.75) is 46.3 Å². The van der Waals surface area contributed by atoms with Crippen LogP contribution >= 0.6 is 11.3 Å². The van der Waals surface area contributed by atoms with Gasteiger partial charge in [0.1, 0.15) is 0 Å². The van der Waals surface area contributed by atoms with Crippen LogP contribution in [0.4, 0.5) is 0 Å². The number of aromatic nitrogens is 2. The number of hydrogen-bond acceptors (Lipinski definition) is 3. The molecule has 0 aliphatic rings. The van der Waals surface area contributed by atoms with E-state index in [1.807, 2.05) is 73.8 Å². The fourth-order valence-electron chi connectivity index (χ4n) is 5.43. The van der Waals surface area contributed by atoms with Gasteiger partial charge >= 0.3 is 0 Å². The van der Waals surface area contributed by atoms with Crippen LogP contribution in [0.1, 0.15) is 32.2 Å². The Kier molecular flexibility index (Phi) is 10.1. The number of fused-ring (bicyclic) bond motifs is 3. The smallest absolute Gasteiger partial charge is 0.0795 e. The molecule has 7 rings (SSSR count). The monoisotopic (exact) mass is 812 g/mol. The maximum atomic E-state index is 8.38. The molecule has 0 spiro atoms. The Morgan fingerprint density at radius 1 is 0.739 bits per heavy atom. The molecule has 46 heavy (non-hydrogen) atoms. The van der Waals surface area contributed by atoms with E-state index in [9.17, 15) is 0 Å². The predicted octanol–water partition coefficient (Wildman–Crippen LogP) is 11.1. The van der Waals surface area contributed by atoms with Gasteiger partial charge in [-0.1, -0.05) is 99.0 Å². The molecule has 0 unspecified atom stereocenters. The first-order valence-electron chi connectivity index (χ1n) is 15.8. The second kappa shape index (κ2) is 14.4. The third kappa shape index (κ3) is 7.29. The molecule has 0 fully saturated rings. The molecule has 233 valence electrons. The second-order valence-corrected chi connectivity index (χ2v) is 18.7. The van der Waals surface area contributed by atoms with Gasteiger partial charge in [-0.3, -0.25) is 0 Å². The zero-order valence-electron chi connectivity index (χ0n) is 28.1. The summed E-state index contributed by atoms with van der Waals surface area (Å²) in [4.78, 5) is 9.14. The van der Waals surface area contributed by atoms with Crippen LogP contribution in [0, 0.1) is 19.1 Å². The molecule has 0 saturated carbocycles. The fourth-order valence-corrected chi connectivity index (χ4v) is 7.72. The van der Waals surface area contributed by atoms with E-state index in [4.69, 9.17) is 1.37 Å². The van der Waals surface area contributed by atoms with Gasteiger partial charge in [0.25, 0.3) is 0 Å². The van der Waals surface area contributed by atoms with Gasteiger partial charge in [-0.05, 0) is 68.3 Å². The van der Waals surface area contributed by atoms with Gasteiger partial charge in [-0.2, -0.15) is 11.3 Å². The van der Waals surface area contributed by atoms with Crippen molar-refractivity contribution < 1.29 is 21.5 Å². The molecule has 0 N–H and O–H groups in total. The van der Waals surface area contributed by atoms with Crippen molar-refractivity contribution >= 4 is 44.8 Å². The van der Waals surface area contributed by atoms with E-state index in [2.05, 4.69) is 109 Å². The van der Waals surface area contributed by atoms with Gasteiger partial charge in [0.2, 0.25) is 0 Å². The first-order chi connectivity index (χ1) is 22.0. The van der Waals surface area contributed by atoms with Crippen LogP contribution in [0.5, 0.6) is 0 Å². The van der Waals surface area contributed by atoms with E-state index in [1.54, 1.807) is 6.20 Å². The topological polar surface area (TPSA) is 25.8 Å². The van der Waals surface area contributed by atoms with E-state index < -0.39 is 14.0 Å². The Balaban J connectivity index is 0.000000217. The summed E-state index contributed by atoms with van der Waals surface area (Å²) in [5.74, 6) is -0.660. The number of pyridine rings is 2. The Bertz CT molecular complexity index is 2110. The minimum absolute atomic E-state index is 0. The Hall–Kier alpha value is -3.73. The number of hydrogen-bond donors (Lipinski definition) is 0. The van der Waals surface area contributed by atoms with E-state index in [0.717, 1.165) is 28.1 Å². The molecule has 3 heterocycles. The van der Waals surface area contributed by atoms with Gasteiger partial charge < -0.3 is 9.97 Å². The average Bonchev–Trinajstić information content (AvgIpc) is 3.45. The van der Waals surface area contributed by atoms with Gasteiger partial charge in [0.05, 0.1) is 8.07 Å². The molecular formula is C41H38IrN2SSi-2. The van der Waals surface area contributed by atoms with Crippen LogP contribution in [0.25, 0.3) is 53.8 Å². The molecule has 0 saturated heterocycles. The summed E-state index contributed by atoms with van der Waals surface area (Å²) in [5.41, 5.74) is 8.68. The van der Waals surface area contributed by atoms with Crippen molar-refractivity contribution in [2.24, 2.45) is 0 Å². The van der Waals surface area contributed by atoms with E-state index in [1.165, 1.54) is 42.0 Å². The molecule has 0 atom stereocenters. The molecular weight excluding hydrogens is 773 g/mol. The summed E-state index contributed by atoms with van der Waals surface area (Å²) < 4.78 is 10.9. The third-order valence-electron chi connectivity index (χ3n) is 8.03. The summed E-state index contributed by atoms with van der Waals surface area (Å²) in [6.07, 6.45) is 3.82. The van der Waals surface area contributed by atoms with Gasteiger partial charge in [-0.25, -0.2) is 0 Å². The quantitative estimate of drug-likeness (QED) is 0.128. The molecule has 0 amide bonds. The van der Waals surface area contributed by atoms with Crippen LogP contribution in [0.2, 0.25) is 19.6 Å². The van der Waals surface area contributed by atoms with Crippen molar-refractivity contribution in [1.82, 2.24) is 9.97 Å². The normalized spacial score (nSPS) is 11.8. The number of rotatable bonds is 5.